The van der Waals surface area contributed by atoms with E-state index in [1.165, 1.54) is 35.2 Å². The number of hydrogen-bond acceptors (Lipinski definition) is 3. The van der Waals surface area contributed by atoms with Gasteiger partial charge < -0.3 is 5.11 Å². The first-order valence-corrected chi connectivity index (χ1v) is 6.56. The van der Waals surface area contributed by atoms with Crippen LogP contribution >= 0.6 is 15.9 Å². The van der Waals surface area contributed by atoms with Crippen LogP contribution in [-0.2, 0) is 6.18 Å². The average molecular weight is 358 g/mol. The number of aromatic nitrogens is 3. The molecule has 0 aliphatic carbocycles. The second-order valence-electron chi connectivity index (χ2n) is 4.29. The first-order chi connectivity index (χ1) is 9.86. The zero-order valence-electron chi connectivity index (χ0n) is 10.3. The number of nitrogens with zero attached hydrogens (tertiary/aromatic N) is 3. The van der Waals surface area contributed by atoms with Crippen molar-refractivity contribution in [2.75, 3.05) is 0 Å². The molecule has 1 aromatic carbocycles. The summed E-state index contributed by atoms with van der Waals surface area (Å²) >= 11 is 3.03. The van der Waals surface area contributed by atoms with E-state index in [4.69, 9.17) is 0 Å². The summed E-state index contributed by atoms with van der Waals surface area (Å²) in [5.74, 6) is -0.282. The van der Waals surface area contributed by atoms with Gasteiger partial charge in [0.05, 0.1) is 11.3 Å². The fraction of sp³-hybridized carbons (Fsp3) is 0.0769. The lowest BCUT2D eigenvalue weighted by atomic mass is 10.1. The topological polar surface area (TPSA) is 50.9 Å². The highest BCUT2D eigenvalue weighted by Crippen LogP contribution is 2.36. The molecule has 0 bridgehead atoms. The van der Waals surface area contributed by atoms with Crippen molar-refractivity contribution < 1.29 is 18.3 Å². The van der Waals surface area contributed by atoms with E-state index in [1.807, 2.05) is 0 Å². The van der Waals surface area contributed by atoms with Crippen LogP contribution in [0.2, 0.25) is 0 Å². The van der Waals surface area contributed by atoms with E-state index in [2.05, 4.69) is 25.9 Å². The molecule has 0 amide bonds. The lowest BCUT2D eigenvalue weighted by Gasteiger charge is -2.14. The van der Waals surface area contributed by atoms with E-state index >= 15 is 0 Å². The van der Waals surface area contributed by atoms with Crippen molar-refractivity contribution in [1.82, 2.24) is 14.5 Å². The Morgan fingerprint density at radius 3 is 2.62 bits per heavy atom. The first-order valence-electron chi connectivity index (χ1n) is 5.76. The number of halogens is 4. The van der Waals surface area contributed by atoms with Gasteiger partial charge >= 0.3 is 6.18 Å². The molecule has 2 aromatic heterocycles. The fourth-order valence-corrected chi connectivity index (χ4v) is 2.37. The minimum atomic E-state index is -4.52. The summed E-state index contributed by atoms with van der Waals surface area (Å²) < 4.78 is 41.0. The molecule has 2 heterocycles. The summed E-state index contributed by atoms with van der Waals surface area (Å²) in [7, 11) is 0. The van der Waals surface area contributed by atoms with Crippen LogP contribution in [0.15, 0.2) is 41.1 Å². The highest BCUT2D eigenvalue weighted by atomic mass is 79.9. The number of hydrogen-bond donors (Lipinski definition) is 1. The Bertz CT molecular complexity index is 829. The second-order valence-corrected chi connectivity index (χ2v) is 5.20. The lowest BCUT2D eigenvalue weighted by Crippen LogP contribution is -2.10. The zero-order valence-corrected chi connectivity index (χ0v) is 11.9. The monoisotopic (exact) mass is 357 g/mol. The summed E-state index contributed by atoms with van der Waals surface area (Å²) in [6.45, 7) is 0. The van der Waals surface area contributed by atoms with Gasteiger partial charge in [-0.05, 0) is 24.3 Å². The van der Waals surface area contributed by atoms with Gasteiger partial charge in [-0.15, -0.1) is 0 Å². The summed E-state index contributed by atoms with van der Waals surface area (Å²) in [5.41, 5.74) is -0.376. The molecule has 0 fully saturated rings. The van der Waals surface area contributed by atoms with Gasteiger partial charge in [0.25, 0.3) is 0 Å². The normalized spacial score (nSPS) is 12.0. The van der Waals surface area contributed by atoms with Gasteiger partial charge in [-0.2, -0.15) is 18.2 Å². The van der Waals surface area contributed by atoms with Crippen LogP contribution in [0.1, 0.15) is 5.56 Å². The SMILES string of the molecule is Oc1ccc2ncn(-c3ccc(Br)cc3C(F)(F)F)c2n1. The third-order valence-electron chi connectivity index (χ3n) is 2.90. The summed E-state index contributed by atoms with van der Waals surface area (Å²) in [4.78, 5) is 7.83. The molecule has 0 unspecified atom stereocenters. The van der Waals surface area contributed by atoms with Crippen LogP contribution in [0.4, 0.5) is 13.2 Å². The van der Waals surface area contributed by atoms with Gasteiger partial charge in [0.1, 0.15) is 11.8 Å². The highest BCUT2D eigenvalue weighted by molar-refractivity contribution is 9.10. The Morgan fingerprint density at radius 2 is 1.90 bits per heavy atom. The summed E-state index contributed by atoms with van der Waals surface area (Å²) in [6, 6.07) is 6.62. The van der Waals surface area contributed by atoms with Crippen molar-refractivity contribution in [3.05, 3.63) is 46.7 Å². The summed E-state index contributed by atoms with van der Waals surface area (Å²) in [5, 5.41) is 9.41. The number of rotatable bonds is 1. The molecule has 0 saturated heterocycles. The quantitative estimate of drug-likeness (QED) is 0.718. The predicted octanol–water partition coefficient (Wildman–Crippen LogP) is 3.91. The maximum atomic E-state index is 13.2. The number of alkyl halides is 3. The van der Waals surface area contributed by atoms with Gasteiger partial charge in [-0.3, -0.25) is 4.57 Å². The van der Waals surface area contributed by atoms with Crippen LogP contribution in [0.25, 0.3) is 16.9 Å². The van der Waals surface area contributed by atoms with Gasteiger partial charge in [-0.25, -0.2) is 4.98 Å². The van der Waals surface area contributed by atoms with Crippen molar-refractivity contribution >= 4 is 27.1 Å². The molecule has 0 spiro atoms. The Hall–Kier alpha value is -2.09. The van der Waals surface area contributed by atoms with Crippen molar-refractivity contribution in [3.63, 3.8) is 0 Å². The van der Waals surface area contributed by atoms with Crippen LogP contribution in [0.5, 0.6) is 5.88 Å². The van der Waals surface area contributed by atoms with Gasteiger partial charge in [0, 0.05) is 10.5 Å². The van der Waals surface area contributed by atoms with Crippen LogP contribution in [0.3, 0.4) is 0 Å². The van der Waals surface area contributed by atoms with Crippen molar-refractivity contribution in [1.29, 1.82) is 0 Å². The third kappa shape index (κ3) is 2.46. The van der Waals surface area contributed by atoms with E-state index in [0.717, 1.165) is 6.07 Å². The fourth-order valence-electron chi connectivity index (χ4n) is 2.01. The van der Waals surface area contributed by atoms with E-state index in [-0.39, 0.29) is 17.2 Å². The van der Waals surface area contributed by atoms with E-state index in [1.54, 1.807) is 0 Å². The smallest absolute Gasteiger partial charge is 0.418 e. The standard InChI is InChI=1S/C13H7BrF3N3O/c14-7-1-3-10(8(5-7)13(15,16)17)20-6-18-9-2-4-11(21)19-12(9)20/h1-6H,(H,19,21). The Balaban J connectivity index is 2.30. The number of aromatic hydroxyl groups is 1. The van der Waals surface area contributed by atoms with E-state index < -0.39 is 11.7 Å². The molecule has 108 valence electrons. The van der Waals surface area contributed by atoms with Crippen LogP contribution in [0, 0.1) is 0 Å². The second kappa shape index (κ2) is 4.73. The number of imidazole rings is 1. The molecule has 21 heavy (non-hydrogen) atoms. The maximum Gasteiger partial charge on any atom is 0.418 e. The van der Waals surface area contributed by atoms with Gasteiger partial charge in [0.2, 0.25) is 5.88 Å². The van der Waals surface area contributed by atoms with E-state index in [9.17, 15) is 18.3 Å². The Kier molecular flexibility index (Phi) is 3.12. The minimum absolute atomic E-state index is 0.105. The molecule has 3 aromatic rings. The molecule has 1 N–H and O–H groups in total. The largest absolute Gasteiger partial charge is 0.493 e. The number of pyridine rings is 1. The van der Waals surface area contributed by atoms with Crippen LogP contribution in [-0.4, -0.2) is 19.6 Å². The van der Waals surface area contributed by atoms with Crippen molar-refractivity contribution in [2.24, 2.45) is 0 Å². The molecule has 4 nitrogen and oxygen atoms in total. The predicted molar refractivity (Wildman–Crippen MR) is 73.2 cm³/mol. The molecule has 3 rings (SSSR count). The molecular formula is C13H7BrF3N3O. The highest BCUT2D eigenvalue weighted by Gasteiger charge is 2.34. The van der Waals surface area contributed by atoms with Gasteiger partial charge in [0.15, 0.2) is 5.65 Å². The number of benzene rings is 1. The maximum absolute atomic E-state index is 13.2. The molecule has 0 radical (unpaired) electrons. The first kappa shape index (κ1) is 13.9. The average Bonchev–Trinajstić information content (AvgIpc) is 2.80. The van der Waals surface area contributed by atoms with Crippen molar-refractivity contribution in [3.8, 4) is 11.6 Å². The lowest BCUT2D eigenvalue weighted by molar-refractivity contribution is -0.137. The molecule has 0 saturated carbocycles. The van der Waals surface area contributed by atoms with E-state index in [0.29, 0.717) is 9.99 Å². The zero-order chi connectivity index (χ0) is 15.2. The molecule has 0 atom stereocenters. The Morgan fingerprint density at radius 1 is 1.14 bits per heavy atom. The number of fused-ring (bicyclic) bond motifs is 1. The Labute approximate surface area is 125 Å². The molecule has 0 aliphatic rings. The summed E-state index contributed by atoms with van der Waals surface area (Å²) in [6.07, 6.45) is -3.28. The third-order valence-corrected chi connectivity index (χ3v) is 3.40. The minimum Gasteiger partial charge on any atom is -0.493 e. The van der Waals surface area contributed by atoms with Crippen LogP contribution < -0.4 is 0 Å². The van der Waals surface area contributed by atoms with Gasteiger partial charge in [-0.1, -0.05) is 15.9 Å². The molecule has 8 heteroatoms. The molecule has 0 aliphatic heterocycles. The molecular weight excluding hydrogens is 351 g/mol. The van der Waals surface area contributed by atoms with Crippen molar-refractivity contribution in [2.45, 2.75) is 6.18 Å².